The molecule has 128 valence electrons. The molecule has 2 atom stereocenters. The maximum Gasteiger partial charge on any atom is 0.223 e. The third-order valence-corrected chi connectivity index (χ3v) is 4.15. The van der Waals surface area contributed by atoms with E-state index < -0.39 is 0 Å². The van der Waals surface area contributed by atoms with Crippen molar-refractivity contribution in [2.45, 2.75) is 25.7 Å². The van der Waals surface area contributed by atoms with Crippen molar-refractivity contribution in [1.29, 1.82) is 0 Å². The van der Waals surface area contributed by atoms with Gasteiger partial charge in [0, 0.05) is 19.0 Å². The van der Waals surface area contributed by atoms with Crippen molar-refractivity contribution >= 4 is 18.3 Å². The topological polar surface area (TPSA) is 59.6 Å². The summed E-state index contributed by atoms with van der Waals surface area (Å²) in [6.07, 6.45) is 2.04. The molecule has 0 radical (unpaired) electrons. The minimum atomic E-state index is 0. The third kappa shape index (κ3) is 4.52. The Morgan fingerprint density at radius 3 is 2.74 bits per heavy atom. The predicted molar refractivity (Wildman–Crippen MR) is 91.7 cm³/mol. The number of nitrogens with one attached hydrogen (secondary N) is 2. The van der Waals surface area contributed by atoms with Crippen LogP contribution in [0.3, 0.4) is 0 Å². The maximum absolute atomic E-state index is 12.1. The zero-order valence-corrected chi connectivity index (χ0v) is 14.3. The molecule has 1 fully saturated rings. The molecule has 2 aliphatic rings. The summed E-state index contributed by atoms with van der Waals surface area (Å²) in [5, 5.41) is 6.29. The van der Waals surface area contributed by atoms with Crippen molar-refractivity contribution in [3.05, 3.63) is 23.8 Å². The molecule has 1 aromatic rings. The smallest absolute Gasteiger partial charge is 0.223 e. The Hall–Kier alpha value is -1.46. The quantitative estimate of drug-likeness (QED) is 0.746. The third-order valence-electron chi connectivity index (χ3n) is 4.15. The van der Waals surface area contributed by atoms with E-state index in [2.05, 4.69) is 17.6 Å². The van der Waals surface area contributed by atoms with E-state index in [4.69, 9.17) is 9.47 Å². The van der Waals surface area contributed by atoms with Gasteiger partial charge in [-0.3, -0.25) is 4.79 Å². The van der Waals surface area contributed by atoms with E-state index in [9.17, 15) is 4.79 Å². The van der Waals surface area contributed by atoms with Crippen molar-refractivity contribution in [3.8, 4) is 11.5 Å². The highest BCUT2D eigenvalue weighted by atomic mass is 35.5. The summed E-state index contributed by atoms with van der Waals surface area (Å²) in [5.41, 5.74) is 1.17. The van der Waals surface area contributed by atoms with E-state index in [-0.39, 0.29) is 24.2 Å². The molecule has 2 N–H and O–H groups in total. The van der Waals surface area contributed by atoms with Gasteiger partial charge >= 0.3 is 0 Å². The van der Waals surface area contributed by atoms with Crippen LogP contribution in [0, 0.1) is 5.92 Å². The van der Waals surface area contributed by atoms with E-state index in [0.717, 1.165) is 37.4 Å². The van der Waals surface area contributed by atoms with E-state index in [0.29, 0.717) is 25.7 Å². The zero-order chi connectivity index (χ0) is 15.4. The van der Waals surface area contributed by atoms with E-state index >= 15 is 0 Å². The lowest BCUT2D eigenvalue weighted by atomic mass is 10.1. The zero-order valence-electron chi connectivity index (χ0n) is 13.5. The first kappa shape index (κ1) is 17.9. The second-order valence-electron chi connectivity index (χ2n) is 5.89. The molecule has 0 bridgehead atoms. The van der Waals surface area contributed by atoms with Crippen molar-refractivity contribution in [2.75, 3.05) is 32.8 Å². The molecule has 2 unspecified atom stereocenters. The van der Waals surface area contributed by atoms with Gasteiger partial charge in [-0.1, -0.05) is 13.0 Å². The first-order chi connectivity index (χ1) is 10.8. The second-order valence-corrected chi connectivity index (χ2v) is 5.89. The van der Waals surface area contributed by atoms with Gasteiger partial charge in [0.15, 0.2) is 11.5 Å². The van der Waals surface area contributed by atoms with Gasteiger partial charge in [0.25, 0.3) is 0 Å². The minimum Gasteiger partial charge on any atom is -0.486 e. The first-order valence-corrected chi connectivity index (χ1v) is 8.17. The van der Waals surface area contributed by atoms with Gasteiger partial charge in [0.1, 0.15) is 13.2 Å². The number of fused-ring (bicyclic) bond motifs is 1. The summed E-state index contributed by atoms with van der Waals surface area (Å²) in [4.78, 5) is 12.1. The summed E-state index contributed by atoms with van der Waals surface area (Å²) in [6, 6.07) is 6.02. The normalized spacial score (nSPS) is 21.3. The van der Waals surface area contributed by atoms with E-state index in [1.165, 1.54) is 5.56 Å². The summed E-state index contributed by atoms with van der Waals surface area (Å²) in [5.74, 6) is 2.20. The van der Waals surface area contributed by atoms with E-state index in [1.54, 1.807) is 0 Å². The molecular formula is C17H25ClN2O3. The van der Waals surface area contributed by atoms with Crippen molar-refractivity contribution in [3.63, 3.8) is 0 Å². The molecule has 1 amide bonds. The first-order valence-electron chi connectivity index (χ1n) is 8.17. The van der Waals surface area contributed by atoms with Crippen LogP contribution in [0.15, 0.2) is 18.2 Å². The standard InChI is InChI=1S/C17H24N2O3.ClH/c1-2-5-18-6-7-19-17(20)14-11-13(14)12-3-4-15-16(10-12)22-9-8-21-15;/h3-4,10,13-14,18H,2,5-9,11H2,1H3,(H,19,20);1H. The summed E-state index contributed by atoms with van der Waals surface area (Å²) < 4.78 is 11.1. The summed E-state index contributed by atoms with van der Waals surface area (Å²) >= 11 is 0. The van der Waals surface area contributed by atoms with Crippen LogP contribution < -0.4 is 20.1 Å². The Morgan fingerprint density at radius 2 is 1.96 bits per heavy atom. The Balaban J connectivity index is 0.00000192. The number of hydrogen-bond donors (Lipinski definition) is 2. The summed E-state index contributed by atoms with van der Waals surface area (Å²) in [7, 11) is 0. The molecule has 23 heavy (non-hydrogen) atoms. The van der Waals surface area contributed by atoms with Crippen LogP contribution in [-0.4, -0.2) is 38.8 Å². The monoisotopic (exact) mass is 340 g/mol. The highest BCUT2D eigenvalue weighted by Gasteiger charge is 2.44. The lowest BCUT2D eigenvalue weighted by molar-refractivity contribution is -0.122. The number of benzene rings is 1. The molecule has 1 aromatic carbocycles. The number of rotatable bonds is 7. The minimum absolute atomic E-state index is 0. The highest BCUT2D eigenvalue weighted by Crippen LogP contribution is 2.49. The van der Waals surface area contributed by atoms with Crippen molar-refractivity contribution in [2.24, 2.45) is 5.92 Å². The number of amides is 1. The molecular weight excluding hydrogens is 316 g/mol. The van der Waals surface area contributed by atoms with Crippen LogP contribution in [0.4, 0.5) is 0 Å². The number of hydrogen-bond acceptors (Lipinski definition) is 4. The second kappa shape index (κ2) is 8.41. The molecule has 0 spiro atoms. The summed E-state index contributed by atoms with van der Waals surface area (Å²) in [6.45, 7) is 5.86. The number of carbonyl (C=O) groups excluding carboxylic acids is 1. The molecule has 1 saturated carbocycles. The van der Waals surface area contributed by atoms with Gasteiger partial charge in [0.2, 0.25) is 5.91 Å². The van der Waals surface area contributed by atoms with Gasteiger partial charge in [-0.25, -0.2) is 0 Å². The number of halogens is 1. The maximum atomic E-state index is 12.1. The van der Waals surface area contributed by atoms with Crippen LogP contribution in [0.5, 0.6) is 11.5 Å². The molecule has 1 aliphatic carbocycles. The van der Waals surface area contributed by atoms with Gasteiger partial charge in [-0.05, 0) is 43.0 Å². The van der Waals surface area contributed by atoms with Crippen LogP contribution in [0.25, 0.3) is 0 Å². The number of ether oxygens (including phenoxy) is 2. The van der Waals surface area contributed by atoms with Crippen molar-refractivity contribution < 1.29 is 14.3 Å². The van der Waals surface area contributed by atoms with Crippen LogP contribution in [0.2, 0.25) is 0 Å². The molecule has 3 rings (SSSR count). The van der Waals surface area contributed by atoms with Crippen LogP contribution in [0.1, 0.15) is 31.2 Å². The fourth-order valence-electron chi connectivity index (χ4n) is 2.85. The molecule has 6 heteroatoms. The number of carbonyl (C=O) groups is 1. The predicted octanol–water partition coefficient (Wildman–Crippen LogP) is 2.10. The molecule has 5 nitrogen and oxygen atoms in total. The van der Waals surface area contributed by atoms with Gasteiger partial charge in [-0.2, -0.15) is 0 Å². The Bertz CT molecular complexity index is 539. The molecule has 1 aliphatic heterocycles. The van der Waals surface area contributed by atoms with Crippen LogP contribution in [-0.2, 0) is 4.79 Å². The Morgan fingerprint density at radius 1 is 1.17 bits per heavy atom. The molecule has 1 heterocycles. The molecule has 0 saturated heterocycles. The SMILES string of the molecule is CCCNCCNC(=O)C1CC1c1ccc2c(c1)OCCO2.Cl. The van der Waals surface area contributed by atoms with Gasteiger partial charge in [0.05, 0.1) is 0 Å². The average molecular weight is 341 g/mol. The highest BCUT2D eigenvalue weighted by molar-refractivity contribution is 5.85. The van der Waals surface area contributed by atoms with Gasteiger partial charge in [-0.15, -0.1) is 12.4 Å². The average Bonchev–Trinajstić information content (AvgIpc) is 3.35. The van der Waals surface area contributed by atoms with Gasteiger partial charge < -0.3 is 20.1 Å². The Kier molecular flexibility index (Phi) is 6.54. The van der Waals surface area contributed by atoms with Crippen LogP contribution >= 0.6 is 12.4 Å². The largest absolute Gasteiger partial charge is 0.486 e. The lowest BCUT2D eigenvalue weighted by Crippen LogP contribution is -2.33. The fraction of sp³-hybridized carbons (Fsp3) is 0.588. The Labute approximate surface area is 143 Å². The van der Waals surface area contributed by atoms with Crippen molar-refractivity contribution in [1.82, 2.24) is 10.6 Å². The molecule has 0 aromatic heterocycles. The lowest BCUT2D eigenvalue weighted by Gasteiger charge is -2.18. The van der Waals surface area contributed by atoms with E-state index in [1.807, 2.05) is 18.2 Å². The fourth-order valence-corrected chi connectivity index (χ4v) is 2.85.